The topological polar surface area (TPSA) is 94.0 Å². The normalized spacial score (nSPS) is 12.7. The zero-order valence-electron chi connectivity index (χ0n) is 8.14. The molecule has 1 unspecified atom stereocenters. The van der Waals surface area contributed by atoms with Gasteiger partial charge in [-0.3, -0.25) is 4.79 Å². The number of halogens is 1. The minimum Gasteiger partial charge on any atom is -0.480 e. The molecule has 3 N–H and O–H groups in total. The Bertz CT molecular complexity index is 328. The van der Waals surface area contributed by atoms with E-state index in [9.17, 15) is 9.18 Å². The van der Waals surface area contributed by atoms with E-state index in [4.69, 9.17) is 10.8 Å². The van der Waals surface area contributed by atoms with Crippen LogP contribution in [0.4, 0.5) is 4.39 Å². The molecule has 0 saturated carbocycles. The lowest BCUT2D eigenvalue weighted by Crippen LogP contribution is -2.30. The summed E-state index contributed by atoms with van der Waals surface area (Å²) < 4.78 is 13.3. The fourth-order valence-corrected chi connectivity index (χ4v) is 1.08. The van der Waals surface area contributed by atoms with Crippen molar-refractivity contribution in [1.82, 2.24) is 15.0 Å². The Kier molecular flexibility index (Phi) is 4.17. The van der Waals surface area contributed by atoms with Crippen LogP contribution in [0.5, 0.6) is 0 Å². The van der Waals surface area contributed by atoms with Crippen molar-refractivity contribution in [3.8, 4) is 0 Å². The third kappa shape index (κ3) is 3.62. The van der Waals surface area contributed by atoms with E-state index in [1.165, 1.54) is 4.68 Å². The predicted molar refractivity (Wildman–Crippen MR) is 49.9 cm³/mol. The molecular weight excluding hydrogens is 202 g/mol. The molecule has 0 aromatic carbocycles. The molecule has 0 saturated heterocycles. The molecule has 1 heterocycles. The molecule has 0 amide bonds. The summed E-state index contributed by atoms with van der Waals surface area (Å²) in [5.74, 6) is -1.04. The zero-order valence-corrected chi connectivity index (χ0v) is 8.14. The van der Waals surface area contributed by atoms with Gasteiger partial charge < -0.3 is 10.8 Å². The molecule has 0 aliphatic rings. The number of carboxylic acid groups (broad SMARTS) is 1. The van der Waals surface area contributed by atoms with Gasteiger partial charge in [0.05, 0.1) is 12.2 Å². The summed E-state index contributed by atoms with van der Waals surface area (Å²) in [6.45, 7) is -0.338. The van der Waals surface area contributed by atoms with Crippen LogP contribution in [0.1, 0.15) is 12.1 Å². The minimum absolute atomic E-state index is 0.165. The van der Waals surface area contributed by atoms with Crippen LogP contribution in [0.2, 0.25) is 0 Å². The summed E-state index contributed by atoms with van der Waals surface area (Å²) in [4.78, 5) is 10.4. The summed E-state index contributed by atoms with van der Waals surface area (Å²) in [6.07, 6.45) is 2.32. The number of carboxylic acids is 1. The van der Waals surface area contributed by atoms with Crippen LogP contribution in [0, 0.1) is 0 Å². The van der Waals surface area contributed by atoms with Gasteiger partial charge >= 0.3 is 5.97 Å². The molecule has 1 aromatic rings. The minimum atomic E-state index is -1.04. The van der Waals surface area contributed by atoms with E-state index in [2.05, 4.69) is 10.3 Å². The molecule has 7 heteroatoms. The monoisotopic (exact) mass is 215 g/mol. The molecule has 84 valence electrons. The van der Waals surface area contributed by atoms with E-state index in [1.54, 1.807) is 6.20 Å². The van der Waals surface area contributed by atoms with Crippen LogP contribution >= 0.6 is 0 Å². The third-order valence-corrected chi connectivity index (χ3v) is 1.93. The maximum atomic E-state index is 11.9. The molecule has 0 radical (unpaired) electrons. The van der Waals surface area contributed by atoms with E-state index in [0.717, 1.165) is 0 Å². The number of hydrogen-bond acceptors (Lipinski definition) is 4. The first-order chi connectivity index (χ1) is 7.13. The van der Waals surface area contributed by atoms with Crippen molar-refractivity contribution in [2.75, 3.05) is 6.67 Å². The molecular formula is C8H13FN4O2. The first kappa shape index (κ1) is 11.6. The number of carbonyl (C=O) groups is 1. The van der Waals surface area contributed by atoms with Gasteiger partial charge in [-0.25, -0.2) is 9.07 Å². The standard InChI is InChI=1S/C8H13FN4O2/c9-3-4-13-5-6(11-12-13)1-2-7(10)8(14)15/h5,7H,1-4,10H2,(H,14,15)/i9-1. The number of nitrogens with two attached hydrogens (primary N) is 1. The number of alkyl halides is 1. The van der Waals surface area contributed by atoms with Crippen LogP contribution in [0.3, 0.4) is 0 Å². The molecule has 6 nitrogen and oxygen atoms in total. The molecule has 0 aliphatic carbocycles. The Morgan fingerprint density at radius 3 is 3.07 bits per heavy atom. The van der Waals surface area contributed by atoms with Gasteiger partial charge in [0.1, 0.15) is 12.7 Å². The molecule has 0 fully saturated rings. The number of nitrogens with zero attached hydrogens (tertiary/aromatic N) is 3. The van der Waals surface area contributed by atoms with Gasteiger partial charge in [0.25, 0.3) is 0 Å². The largest absolute Gasteiger partial charge is 0.480 e. The number of aliphatic carboxylic acids is 1. The summed E-state index contributed by atoms with van der Waals surface area (Å²) in [5.41, 5.74) is 5.94. The average molecular weight is 215 g/mol. The Morgan fingerprint density at radius 2 is 2.47 bits per heavy atom. The van der Waals surface area contributed by atoms with Crippen molar-refractivity contribution >= 4 is 5.97 Å². The van der Waals surface area contributed by atoms with Gasteiger partial charge in [-0.05, 0) is 12.8 Å². The predicted octanol–water partition coefficient (Wildman–Crippen LogP) is -0.408. The van der Waals surface area contributed by atoms with Crippen LogP contribution in [-0.2, 0) is 17.8 Å². The second kappa shape index (κ2) is 5.40. The first-order valence-corrected chi connectivity index (χ1v) is 4.57. The second-order valence-corrected chi connectivity index (χ2v) is 3.15. The Morgan fingerprint density at radius 1 is 1.73 bits per heavy atom. The molecule has 0 aliphatic heterocycles. The summed E-state index contributed by atoms with van der Waals surface area (Å²) in [7, 11) is 0. The maximum Gasteiger partial charge on any atom is 0.320 e. The molecule has 1 atom stereocenters. The van der Waals surface area contributed by atoms with Gasteiger partial charge in [0, 0.05) is 6.20 Å². The lowest BCUT2D eigenvalue weighted by molar-refractivity contribution is -0.138. The fraction of sp³-hybridized carbons (Fsp3) is 0.625. The number of aryl methyl sites for hydroxylation is 2. The van der Waals surface area contributed by atoms with Crippen molar-refractivity contribution in [2.24, 2.45) is 5.73 Å². The fourth-order valence-electron chi connectivity index (χ4n) is 1.08. The lowest BCUT2D eigenvalue weighted by Gasteiger charge is -2.02. The van der Waals surface area contributed by atoms with Gasteiger partial charge in [-0.1, -0.05) is 5.21 Å². The van der Waals surface area contributed by atoms with E-state index in [1.807, 2.05) is 0 Å². The SMILES string of the molecule is NC(CCc1cn(CC[18F])nn1)C(=O)O. The number of hydrogen-bond donors (Lipinski definition) is 2. The van der Waals surface area contributed by atoms with Crippen molar-refractivity contribution in [3.63, 3.8) is 0 Å². The smallest absolute Gasteiger partial charge is 0.320 e. The molecule has 15 heavy (non-hydrogen) atoms. The van der Waals surface area contributed by atoms with Crippen molar-refractivity contribution in [3.05, 3.63) is 11.9 Å². The molecule has 1 rings (SSSR count). The Hall–Kier alpha value is -1.50. The average Bonchev–Trinajstić information content (AvgIpc) is 2.62. The third-order valence-electron chi connectivity index (χ3n) is 1.93. The highest BCUT2D eigenvalue weighted by Crippen LogP contribution is 2.00. The van der Waals surface area contributed by atoms with E-state index >= 15 is 0 Å². The van der Waals surface area contributed by atoms with Gasteiger partial charge in [-0.15, -0.1) is 5.10 Å². The number of aromatic nitrogens is 3. The van der Waals surface area contributed by atoms with Gasteiger partial charge in [0.15, 0.2) is 0 Å². The van der Waals surface area contributed by atoms with Crippen LogP contribution in [0.25, 0.3) is 0 Å². The number of rotatable bonds is 6. The maximum absolute atomic E-state index is 11.9. The lowest BCUT2D eigenvalue weighted by atomic mass is 10.1. The van der Waals surface area contributed by atoms with Crippen LogP contribution < -0.4 is 5.73 Å². The molecule has 0 spiro atoms. The highest BCUT2D eigenvalue weighted by Gasteiger charge is 2.12. The van der Waals surface area contributed by atoms with Crippen molar-refractivity contribution < 1.29 is 14.3 Å². The first-order valence-electron chi connectivity index (χ1n) is 4.57. The van der Waals surface area contributed by atoms with Gasteiger partial charge in [-0.2, -0.15) is 0 Å². The zero-order chi connectivity index (χ0) is 11.3. The van der Waals surface area contributed by atoms with E-state index in [-0.39, 0.29) is 6.54 Å². The van der Waals surface area contributed by atoms with E-state index < -0.39 is 18.7 Å². The second-order valence-electron chi connectivity index (χ2n) is 3.15. The Balaban J connectivity index is 2.40. The van der Waals surface area contributed by atoms with Crippen LogP contribution in [0.15, 0.2) is 6.20 Å². The molecule has 1 aromatic heterocycles. The van der Waals surface area contributed by atoms with E-state index in [0.29, 0.717) is 18.5 Å². The summed E-state index contributed by atoms with van der Waals surface area (Å²) in [6, 6.07) is -0.892. The summed E-state index contributed by atoms with van der Waals surface area (Å²) in [5, 5.41) is 16.0. The summed E-state index contributed by atoms with van der Waals surface area (Å²) >= 11 is 0. The van der Waals surface area contributed by atoms with Crippen molar-refractivity contribution in [2.45, 2.75) is 25.4 Å². The Labute approximate surface area is 85.9 Å². The van der Waals surface area contributed by atoms with Crippen LogP contribution in [-0.4, -0.2) is 38.8 Å². The highest BCUT2D eigenvalue weighted by molar-refractivity contribution is 5.72. The quantitative estimate of drug-likeness (QED) is 0.672. The highest BCUT2D eigenvalue weighted by atomic mass is 18.2. The molecule has 0 bridgehead atoms. The van der Waals surface area contributed by atoms with Crippen molar-refractivity contribution in [1.29, 1.82) is 0 Å². The van der Waals surface area contributed by atoms with Gasteiger partial charge in [0.2, 0.25) is 0 Å².